The molecule has 0 bridgehead atoms. The fourth-order valence-electron chi connectivity index (χ4n) is 9.57. The van der Waals surface area contributed by atoms with Crippen molar-refractivity contribution < 1.29 is 42.9 Å². The minimum absolute atomic E-state index is 0.138. The van der Waals surface area contributed by atoms with Crippen LogP contribution in [0.3, 0.4) is 0 Å². The van der Waals surface area contributed by atoms with Crippen molar-refractivity contribution >= 4 is 17.9 Å². The number of ether oxygens (including phenoxy) is 4. The van der Waals surface area contributed by atoms with Crippen molar-refractivity contribution in [2.75, 3.05) is 47.5 Å². The maximum atomic E-state index is 12.9. The summed E-state index contributed by atoms with van der Waals surface area (Å²) in [4.78, 5) is 37.4. The number of aliphatic carboxylic acids is 1. The molecule has 0 aliphatic rings. The number of hydrogen-bond donors (Lipinski definition) is 0. The lowest BCUT2D eigenvalue weighted by Crippen LogP contribution is -2.44. The minimum Gasteiger partial charge on any atom is -0.545 e. The van der Waals surface area contributed by atoms with Crippen LogP contribution in [0.25, 0.3) is 0 Å². The lowest BCUT2D eigenvalue weighted by Gasteiger charge is -2.26. The van der Waals surface area contributed by atoms with E-state index in [9.17, 15) is 19.5 Å². The number of esters is 2. The Morgan fingerprint density at radius 3 is 1.04 bits per heavy atom. The molecule has 478 valence electrons. The summed E-state index contributed by atoms with van der Waals surface area (Å²) >= 11 is 0. The summed E-state index contributed by atoms with van der Waals surface area (Å²) in [6, 6.07) is 0. The highest BCUT2D eigenvalue weighted by molar-refractivity contribution is 5.70. The van der Waals surface area contributed by atoms with E-state index in [1.807, 2.05) is 21.1 Å². The van der Waals surface area contributed by atoms with Gasteiger partial charge in [-0.1, -0.05) is 284 Å². The molecule has 0 rings (SSSR count). The summed E-state index contributed by atoms with van der Waals surface area (Å²) in [7, 11) is 5.91. The molecule has 9 heteroatoms. The molecular formula is C74H129NO8. The number of carboxylic acid groups (broad SMARTS) is 1. The van der Waals surface area contributed by atoms with Crippen LogP contribution in [0.2, 0.25) is 0 Å². The van der Waals surface area contributed by atoms with Gasteiger partial charge in [-0.15, -0.1) is 0 Å². The molecular weight excluding hydrogens is 1030 g/mol. The average Bonchev–Trinajstić information content (AvgIpc) is 3.46. The van der Waals surface area contributed by atoms with Gasteiger partial charge in [0.15, 0.2) is 12.4 Å². The van der Waals surface area contributed by atoms with Crippen LogP contribution in [0.15, 0.2) is 97.2 Å². The number of carbonyl (C=O) groups excluding carboxylic acids is 3. The molecule has 0 aromatic heterocycles. The van der Waals surface area contributed by atoms with Gasteiger partial charge in [0, 0.05) is 12.8 Å². The Balaban J connectivity index is 4.02. The number of unbranched alkanes of at least 4 members (excludes halogenated alkanes) is 32. The zero-order valence-corrected chi connectivity index (χ0v) is 54.5. The number of quaternary nitrogens is 1. The molecule has 2 unspecified atom stereocenters. The van der Waals surface area contributed by atoms with Gasteiger partial charge in [0.2, 0.25) is 0 Å². The van der Waals surface area contributed by atoms with E-state index in [1.165, 1.54) is 180 Å². The van der Waals surface area contributed by atoms with E-state index < -0.39 is 24.3 Å². The van der Waals surface area contributed by atoms with Crippen molar-refractivity contribution in [3.8, 4) is 0 Å². The molecule has 0 fully saturated rings. The van der Waals surface area contributed by atoms with Crippen molar-refractivity contribution in [1.82, 2.24) is 0 Å². The van der Waals surface area contributed by atoms with Gasteiger partial charge < -0.3 is 33.3 Å². The van der Waals surface area contributed by atoms with Gasteiger partial charge in [-0.2, -0.15) is 0 Å². The van der Waals surface area contributed by atoms with Crippen LogP contribution in [-0.2, 0) is 33.3 Å². The van der Waals surface area contributed by atoms with Crippen LogP contribution in [0.4, 0.5) is 0 Å². The molecule has 0 N–H and O–H groups in total. The fourth-order valence-corrected chi connectivity index (χ4v) is 9.57. The normalized spacial score (nSPS) is 13.3. The first-order valence-electron chi connectivity index (χ1n) is 34.4. The highest BCUT2D eigenvalue weighted by Crippen LogP contribution is 2.17. The van der Waals surface area contributed by atoms with Crippen molar-refractivity contribution in [1.29, 1.82) is 0 Å². The largest absolute Gasteiger partial charge is 0.545 e. The van der Waals surface area contributed by atoms with Crippen LogP contribution < -0.4 is 5.11 Å². The SMILES string of the molecule is CC/C=C\C/C=C\C/C=C\C/C=C\C/C=C\CCCCCC(=O)OC(COC(=O)CCCCCCCCCCCCCCCCCCCCCCCCCC/C=C\C/C=C\C/C=C\CCCCCCC)COC(OCC[N+](C)(C)C)C(=O)[O-]. The predicted molar refractivity (Wildman–Crippen MR) is 352 cm³/mol. The van der Waals surface area contributed by atoms with Crippen molar-refractivity contribution in [2.45, 2.75) is 309 Å². The summed E-state index contributed by atoms with van der Waals surface area (Å²) in [6.45, 7) is 4.60. The first kappa shape index (κ1) is 79.2. The molecule has 2 atom stereocenters. The van der Waals surface area contributed by atoms with E-state index in [1.54, 1.807) is 0 Å². The number of allylic oxidation sites excluding steroid dienone is 16. The van der Waals surface area contributed by atoms with Crippen LogP contribution in [-0.4, -0.2) is 82.3 Å². The molecule has 9 nitrogen and oxygen atoms in total. The number of likely N-dealkylation sites (N-methyl/N-ethyl adjacent to an activating group) is 1. The summed E-state index contributed by atoms with van der Waals surface area (Å²) in [5.74, 6) is -2.32. The predicted octanol–water partition coefficient (Wildman–Crippen LogP) is 19.9. The smallest absolute Gasteiger partial charge is 0.306 e. The number of hydrogen-bond acceptors (Lipinski definition) is 8. The Kier molecular flexibility index (Phi) is 61.3. The number of rotatable bonds is 63. The van der Waals surface area contributed by atoms with E-state index in [4.69, 9.17) is 18.9 Å². The Morgan fingerprint density at radius 2 is 0.687 bits per heavy atom. The second-order valence-electron chi connectivity index (χ2n) is 24.1. The fraction of sp³-hybridized carbons (Fsp3) is 0.743. The zero-order chi connectivity index (χ0) is 60.5. The molecule has 0 aliphatic carbocycles. The van der Waals surface area contributed by atoms with Gasteiger partial charge in [-0.25, -0.2) is 0 Å². The van der Waals surface area contributed by atoms with Crippen LogP contribution in [0.1, 0.15) is 296 Å². The first-order valence-corrected chi connectivity index (χ1v) is 34.4. The molecule has 0 aromatic rings. The molecule has 0 spiro atoms. The Bertz CT molecular complexity index is 1680. The van der Waals surface area contributed by atoms with Gasteiger partial charge >= 0.3 is 11.9 Å². The second kappa shape index (κ2) is 64.2. The Labute approximate surface area is 512 Å². The molecule has 0 saturated carbocycles. The van der Waals surface area contributed by atoms with Gasteiger partial charge in [-0.05, 0) is 96.3 Å². The van der Waals surface area contributed by atoms with Crippen molar-refractivity contribution in [2.24, 2.45) is 0 Å². The summed E-state index contributed by atoms with van der Waals surface area (Å²) in [5.41, 5.74) is 0. The van der Waals surface area contributed by atoms with Crippen LogP contribution in [0, 0.1) is 0 Å². The highest BCUT2D eigenvalue weighted by Gasteiger charge is 2.22. The van der Waals surface area contributed by atoms with Gasteiger partial charge in [0.05, 0.1) is 40.3 Å². The minimum atomic E-state index is -1.63. The maximum absolute atomic E-state index is 12.9. The summed E-state index contributed by atoms with van der Waals surface area (Å²) in [6.07, 6.45) is 85.1. The molecule has 83 heavy (non-hydrogen) atoms. The molecule has 0 aromatic carbocycles. The van der Waals surface area contributed by atoms with E-state index in [0.29, 0.717) is 17.4 Å². The van der Waals surface area contributed by atoms with Crippen molar-refractivity contribution in [3.63, 3.8) is 0 Å². The number of nitrogens with zero attached hydrogens (tertiary/aromatic N) is 1. The molecule has 0 aliphatic heterocycles. The molecule has 0 radical (unpaired) electrons. The third-order valence-corrected chi connectivity index (χ3v) is 14.8. The topological polar surface area (TPSA) is 111 Å². The zero-order valence-electron chi connectivity index (χ0n) is 54.5. The Hall–Kier alpha value is -3.79. The third kappa shape index (κ3) is 65.6. The molecule has 0 amide bonds. The van der Waals surface area contributed by atoms with Gasteiger partial charge in [0.1, 0.15) is 13.2 Å². The molecule has 0 heterocycles. The van der Waals surface area contributed by atoms with Gasteiger partial charge in [0.25, 0.3) is 0 Å². The van der Waals surface area contributed by atoms with Gasteiger partial charge in [-0.3, -0.25) is 9.59 Å². The number of carboxylic acids is 1. The average molecular weight is 1160 g/mol. The Morgan fingerprint density at radius 1 is 0.373 bits per heavy atom. The lowest BCUT2D eigenvalue weighted by atomic mass is 10.0. The van der Waals surface area contributed by atoms with E-state index in [-0.39, 0.29) is 38.6 Å². The lowest BCUT2D eigenvalue weighted by molar-refractivity contribution is -0.870. The van der Waals surface area contributed by atoms with E-state index in [2.05, 4.69) is 111 Å². The number of carbonyl (C=O) groups is 3. The summed E-state index contributed by atoms with van der Waals surface area (Å²) < 4.78 is 22.7. The van der Waals surface area contributed by atoms with E-state index in [0.717, 1.165) is 83.5 Å². The summed E-state index contributed by atoms with van der Waals surface area (Å²) in [5, 5.41) is 11.8. The van der Waals surface area contributed by atoms with Crippen LogP contribution >= 0.6 is 0 Å². The third-order valence-electron chi connectivity index (χ3n) is 14.8. The van der Waals surface area contributed by atoms with E-state index >= 15 is 0 Å². The van der Waals surface area contributed by atoms with Crippen molar-refractivity contribution in [3.05, 3.63) is 97.2 Å². The quantitative estimate of drug-likeness (QED) is 0.0195. The second-order valence-corrected chi connectivity index (χ2v) is 24.1. The highest BCUT2D eigenvalue weighted by atomic mass is 16.7. The van der Waals surface area contributed by atoms with Crippen LogP contribution in [0.5, 0.6) is 0 Å². The maximum Gasteiger partial charge on any atom is 0.306 e. The monoisotopic (exact) mass is 1160 g/mol. The standard InChI is InChI=1S/C74H129NO8/c1-6-8-10-12-14-16-18-20-22-24-26-27-28-29-30-31-32-33-34-35-36-37-38-39-40-41-42-43-44-45-47-48-50-52-54-56-58-60-62-64-71(76)81-68-70(69-82-74(73(78)79)80-67-66-75(3,4)5)83-72(77)65-63-61-59-57-55-53-51-49-46-25-23-21-19-17-15-13-11-9-7-2/h9,11,15,17-18,20-21,23-24,26,28-29,46,49,53,55,70,74H,6-8,10,12-14,16,19,22,25,27,30-45,47-48,50-52,54,56-69H2,1-5H3/b11-9-,17-15-,20-18-,23-21-,26-24-,29-28-,49-46-,55-53-. The first-order chi connectivity index (χ1) is 40.6. The molecule has 0 saturated heterocycles.